The van der Waals surface area contributed by atoms with Crippen molar-refractivity contribution in [3.8, 4) is 0 Å². The fraction of sp³-hybridized carbons (Fsp3) is 0.471. The minimum absolute atomic E-state index is 0.613. The highest BCUT2D eigenvalue weighted by atomic mass is 16.5. The highest BCUT2D eigenvalue weighted by Crippen LogP contribution is 2.23. The topological polar surface area (TPSA) is 48.1 Å². The number of nitrogens with zero attached hydrogens (tertiary/aromatic N) is 1. The summed E-state index contributed by atoms with van der Waals surface area (Å²) >= 11 is 0. The molecule has 0 amide bonds. The van der Waals surface area contributed by atoms with E-state index >= 15 is 0 Å². The Morgan fingerprint density at radius 1 is 1.10 bits per heavy atom. The first-order chi connectivity index (χ1) is 9.83. The number of fused-ring (bicyclic) bond motifs is 1. The highest BCUT2D eigenvalue weighted by molar-refractivity contribution is 5.92. The van der Waals surface area contributed by atoms with Crippen molar-refractivity contribution in [1.29, 1.82) is 0 Å². The molecule has 3 heteroatoms. The van der Waals surface area contributed by atoms with E-state index in [4.69, 9.17) is 10.5 Å². The van der Waals surface area contributed by atoms with Crippen LogP contribution in [0, 0.1) is 0 Å². The maximum Gasteiger partial charge on any atom is 0.0777 e. The molecule has 0 fully saturated rings. The van der Waals surface area contributed by atoms with Gasteiger partial charge in [0.25, 0.3) is 0 Å². The Morgan fingerprint density at radius 2 is 1.95 bits per heavy atom. The normalized spacial score (nSPS) is 11.1. The van der Waals surface area contributed by atoms with E-state index in [1.54, 1.807) is 6.20 Å². The summed E-state index contributed by atoms with van der Waals surface area (Å²) < 4.78 is 5.77. The predicted molar refractivity (Wildman–Crippen MR) is 84.6 cm³/mol. The molecule has 3 nitrogen and oxygen atoms in total. The molecule has 108 valence electrons. The Morgan fingerprint density at radius 3 is 2.80 bits per heavy atom. The molecule has 0 unspecified atom stereocenters. The molecule has 2 rings (SSSR count). The molecule has 1 heterocycles. The summed E-state index contributed by atoms with van der Waals surface area (Å²) in [7, 11) is 0. The summed E-state index contributed by atoms with van der Waals surface area (Å²) in [5, 5.41) is 1.01. The maximum atomic E-state index is 5.97. The SMILES string of the molecule is CCCCCCCOCc1ccc(N)c2cccnc12. The van der Waals surface area contributed by atoms with Gasteiger partial charge in [0.05, 0.1) is 12.1 Å². The van der Waals surface area contributed by atoms with Crippen LogP contribution in [0.5, 0.6) is 0 Å². The van der Waals surface area contributed by atoms with Gasteiger partial charge in [0.15, 0.2) is 0 Å². The third kappa shape index (κ3) is 3.94. The van der Waals surface area contributed by atoms with Crippen LogP contribution in [0.15, 0.2) is 30.5 Å². The van der Waals surface area contributed by atoms with E-state index in [2.05, 4.69) is 11.9 Å². The minimum Gasteiger partial charge on any atom is -0.398 e. The van der Waals surface area contributed by atoms with Gasteiger partial charge in [0.2, 0.25) is 0 Å². The van der Waals surface area contributed by atoms with Crippen molar-refractivity contribution in [1.82, 2.24) is 4.98 Å². The molecule has 1 aromatic carbocycles. The molecular weight excluding hydrogens is 248 g/mol. The summed E-state index contributed by atoms with van der Waals surface area (Å²) in [5.41, 5.74) is 8.81. The third-order valence-electron chi connectivity index (χ3n) is 3.54. The number of nitrogen functional groups attached to an aromatic ring is 1. The molecule has 0 spiro atoms. The van der Waals surface area contributed by atoms with Gasteiger partial charge in [-0.3, -0.25) is 4.98 Å². The number of benzene rings is 1. The van der Waals surface area contributed by atoms with Crippen molar-refractivity contribution in [3.05, 3.63) is 36.0 Å². The number of aromatic nitrogens is 1. The largest absolute Gasteiger partial charge is 0.398 e. The molecule has 0 saturated heterocycles. The molecule has 0 aliphatic carbocycles. The van der Waals surface area contributed by atoms with E-state index in [1.807, 2.05) is 24.3 Å². The van der Waals surface area contributed by atoms with Crippen LogP contribution in [-0.2, 0) is 11.3 Å². The number of rotatable bonds is 8. The van der Waals surface area contributed by atoms with Gasteiger partial charge < -0.3 is 10.5 Å². The Hall–Kier alpha value is -1.61. The van der Waals surface area contributed by atoms with E-state index in [9.17, 15) is 0 Å². The average molecular weight is 272 g/mol. The zero-order valence-corrected chi connectivity index (χ0v) is 12.3. The lowest BCUT2D eigenvalue weighted by Crippen LogP contribution is -1.99. The Labute approximate surface area is 121 Å². The Balaban J connectivity index is 1.86. The van der Waals surface area contributed by atoms with E-state index in [0.717, 1.165) is 35.2 Å². The van der Waals surface area contributed by atoms with E-state index in [1.165, 1.54) is 25.7 Å². The number of hydrogen-bond donors (Lipinski definition) is 1. The first-order valence-corrected chi connectivity index (χ1v) is 7.52. The second kappa shape index (κ2) is 7.85. The molecular formula is C17H24N2O. The molecule has 2 N–H and O–H groups in total. The monoisotopic (exact) mass is 272 g/mol. The summed E-state index contributed by atoms with van der Waals surface area (Å²) in [6.45, 7) is 3.67. The summed E-state index contributed by atoms with van der Waals surface area (Å²) in [4.78, 5) is 4.42. The fourth-order valence-corrected chi connectivity index (χ4v) is 2.36. The van der Waals surface area contributed by atoms with Crippen molar-refractivity contribution in [2.24, 2.45) is 0 Å². The molecule has 0 bridgehead atoms. The average Bonchev–Trinajstić information content (AvgIpc) is 2.49. The number of unbranched alkanes of at least 4 members (excludes halogenated alkanes) is 4. The van der Waals surface area contributed by atoms with Crippen LogP contribution >= 0.6 is 0 Å². The minimum atomic E-state index is 0.613. The van der Waals surface area contributed by atoms with Gasteiger partial charge in [-0.05, 0) is 24.6 Å². The second-order valence-electron chi connectivity index (χ2n) is 5.18. The van der Waals surface area contributed by atoms with Crippen LogP contribution in [0.1, 0.15) is 44.6 Å². The van der Waals surface area contributed by atoms with E-state index in [0.29, 0.717) is 6.61 Å². The van der Waals surface area contributed by atoms with Gasteiger partial charge in [0.1, 0.15) is 0 Å². The van der Waals surface area contributed by atoms with Crippen LogP contribution in [0.4, 0.5) is 5.69 Å². The van der Waals surface area contributed by atoms with Gasteiger partial charge in [-0.2, -0.15) is 0 Å². The quantitative estimate of drug-likeness (QED) is 0.575. The number of anilines is 1. The first-order valence-electron chi connectivity index (χ1n) is 7.52. The standard InChI is InChI=1S/C17H24N2O/c1-2-3-4-5-6-12-20-13-14-9-10-16(18)15-8-7-11-19-17(14)15/h7-11H,2-6,12-13,18H2,1H3. The second-order valence-corrected chi connectivity index (χ2v) is 5.18. The molecule has 2 aromatic rings. The van der Waals surface area contributed by atoms with E-state index in [-0.39, 0.29) is 0 Å². The van der Waals surface area contributed by atoms with Crippen molar-refractivity contribution >= 4 is 16.6 Å². The highest BCUT2D eigenvalue weighted by Gasteiger charge is 2.04. The first kappa shape index (κ1) is 14.8. The van der Waals surface area contributed by atoms with Crippen molar-refractivity contribution in [3.63, 3.8) is 0 Å². The van der Waals surface area contributed by atoms with Crippen molar-refractivity contribution < 1.29 is 4.74 Å². The number of hydrogen-bond acceptors (Lipinski definition) is 3. The maximum absolute atomic E-state index is 5.97. The number of ether oxygens (including phenoxy) is 1. The molecule has 0 radical (unpaired) electrons. The van der Waals surface area contributed by atoms with Gasteiger partial charge in [-0.25, -0.2) is 0 Å². The summed E-state index contributed by atoms with van der Waals surface area (Å²) in [5.74, 6) is 0. The van der Waals surface area contributed by atoms with Crippen molar-refractivity contribution in [2.45, 2.75) is 45.6 Å². The Kier molecular flexibility index (Phi) is 5.81. The predicted octanol–water partition coefficient (Wildman–Crippen LogP) is 4.30. The Bertz CT molecular complexity index is 540. The fourth-order valence-electron chi connectivity index (χ4n) is 2.36. The van der Waals surface area contributed by atoms with Crippen LogP contribution < -0.4 is 5.73 Å². The van der Waals surface area contributed by atoms with Crippen LogP contribution in [0.2, 0.25) is 0 Å². The van der Waals surface area contributed by atoms with Crippen LogP contribution in [-0.4, -0.2) is 11.6 Å². The molecule has 0 saturated carbocycles. The molecule has 1 aromatic heterocycles. The van der Waals surface area contributed by atoms with Gasteiger partial charge >= 0.3 is 0 Å². The van der Waals surface area contributed by atoms with Gasteiger partial charge in [-0.15, -0.1) is 0 Å². The zero-order valence-electron chi connectivity index (χ0n) is 12.3. The van der Waals surface area contributed by atoms with Crippen molar-refractivity contribution in [2.75, 3.05) is 12.3 Å². The smallest absolute Gasteiger partial charge is 0.0777 e. The lowest BCUT2D eigenvalue weighted by molar-refractivity contribution is 0.117. The van der Waals surface area contributed by atoms with Crippen LogP contribution in [0.3, 0.4) is 0 Å². The van der Waals surface area contributed by atoms with E-state index < -0.39 is 0 Å². The molecule has 20 heavy (non-hydrogen) atoms. The molecule has 0 aliphatic rings. The lowest BCUT2D eigenvalue weighted by atomic mass is 10.1. The lowest BCUT2D eigenvalue weighted by Gasteiger charge is -2.08. The molecule has 0 aliphatic heterocycles. The third-order valence-corrected chi connectivity index (χ3v) is 3.54. The summed E-state index contributed by atoms with van der Waals surface area (Å²) in [6.07, 6.45) is 8.12. The van der Waals surface area contributed by atoms with Gasteiger partial charge in [-0.1, -0.05) is 38.7 Å². The van der Waals surface area contributed by atoms with Gasteiger partial charge in [0, 0.05) is 29.4 Å². The zero-order chi connectivity index (χ0) is 14.2. The number of pyridine rings is 1. The molecule has 0 atom stereocenters. The number of nitrogens with two attached hydrogens (primary N) is 1. The van der Waals surface area contributed by atoms with Crippen LogP contribution in [0.25, 0.3) is 10.9 Å². The summed E-state index contributed by atoms with van der Waals surface area (Å²) in [6, 6.07) is 7.87.